The van der Waals surface area contributed by atoms with Crippen LogP contribution in [0.5, 0.6) is 5.75 Å². The molecule has 1 aromatic carbocycles. The van der Waals surface area contributed by atoms with E-state index in [1.54, 1.807) is 12.7 Å². The fourth-order valence-electron chi connectivity index (χ4n) is 8.40. The molecule has 0 amide bonds. The Morgan fingerprint density at radius 1 is 1.10 bits per heavy atom. The highest BCUT2D eigenvalue weighted by molar-refractivity contribution is 5.70. The summed E-state index contributed by atoms with van der Waals surface area (Å²) in [6.45, 7) is 4.68. The van der Waals surface area contributed by atoms with Gasteiger partial charge in [0.05, 0.1) is 7.11 Å². The fourth-order valence-corrected chi connectivity index (χ4v) is 8.40. The number of methoxy groups -OCH3 is 1. The number of unbranched alkanes of at least 4 members (excludes halogenated alkanes) is 2. The Bertz CT molecular complexity index is 819. The highest BCUT2D eigenvalue weighted by Gasteiger charge is 2.75. The Morgan fingerprint density at radius 3 is 2.63 bits per heavy atom. The van der Waals surface area contributed by atoms with Crippen LogP contribution >= 0.6 is 0 Å². The Hall–Kier alpha value is -1.51. The largest absolute Gasteiger partial charge is 0.497 e. The normalized spacial score (nSPS) is 38.5. The first-order valence-electron chi connectivity index (χ1n) is 12.4. The van der Waals surface area contributed by atoms with Crippen LogP contribution in [0.3, 0.4) is 0 Å². The molecule has 3 atom stereocenters. The van der Waals surface area contributed by atoms with E-state index in [0.717, 1.165) is 50.2 Å². The van der Waals surface area contributed by atoms with Gasteiger partial charge in [-0.3, -0.25) is 4.79 Å². The molecule has 0 aromatic heterocycles. The van der Waals surface area contributed by atoms with Crippen molar-refractivity contribution >= 4 is 5.97 Å². The van der Waals surface area contributed by atoms with E-state index >= 15 is 0 Å². The Kier molecular flexibility index (Phi) is 4.95. The average molecular weight is 411 g/mol. The number of hydrogen-bond acceptors (Lipinski definition) is 3. The maximum Gasteiger partial charge on any atom is 0.306 e. The quantitative estimate of drug-likeness (QED) is 0.393. The molecule has 2 unspecified atom stereocenters. The van der Waals surface area contributed by atoms with E-state index in [-0.39, 0.29) is 17.0 Å². The van der Waals surface area contributed by atoms with Gasteiger partial charge >= 0.3 is 5.97 Å². The monoisotopic (exact) mass is 410 g/mol. The topological polar surface area (TPSA) is 35.5 Å². The number of rotatable bonds is 6. The summed E-state index contributed by atoms with van der Waals surface area (Å²) in [5.74, 6) is 2.45. The summed E-state index contributed by atoms with van der Waals surface area (Å²) in [5.41, 5.74) is 3.40. The van der Waals surface area contributed by atoms with Gasteiger partial charge in [-0.25, -0.2) is 0 Å². The number of benzene rings is 1. The van der Waals surface area contributed by atoms with E-state index < -0.39 is 0 Å². The molecule has 0 spiro atoms. The number of carbonyl (C=O) groups is 1. The minimum absolute atomic E-state index is 0.0607. The molecule has 3 heteroatoms. The van der Waals surface area contributed by atoms with Crippen molar-refractivity contribution in [3.05, 3.63) is 29.3 Å². The predicted molar refractivity (Wildman–Crippen MR) is 119 cm³/mol. The van der Waals surface area contributed by atoms with Crippen LogP contribution in [-0.4, -0.2) is 18.7 Å². The van der Waals surface area contributed by atoms with Gasteiger partial charge in [-0.05, 0) is 98.3 Å². The van der Waals surface area contributed by atoms with Crippen molar-refractivity contribution in [2.75, 3.05) is 7.11 Å². The molecule has 3 nitrogen and oxygen atoms in total. The van der Waals surface area contributed by atoms with Crippen LogP contribution in [0.2, 0.25) is 0 Å². The molecule has 0 radical (unpaired) electrons. The van der Waals surface area contributed by atoms with E-state index in [1.165, 1.54) is 37.7 Å². The van der Waals surface area contributed by atoms with E-state index in [0.29, 0.717) is 17.8 Å². The minimum atomic E-state index is -0.193. The standard InChI is InChI=1S/C27H38O3/c1-4-5-6-7-24(28)30-27-16-14-26(15-17-27)23-11-8-19-18-20(29-3)9-10-21(19)22(23)12-13-25(26,27)2/h9-10,18,22-23H,4-8,11-17H2,1-3H3/t22?,23?,25-,26?,27?/m0/s1. The summed E-state index contributed by atoms with van der Waals surface area (Å²) in [6, 6.07) is 6.76. The second-order valence-corrected chi connectivity index (χ2v) is 10.8. The number of ether oxygens (including phenoxy) is 2. The van der Waals surface area contributed by atoms with E-state index in [1.807, 2.05) is 0 Å². The molecule has 5 rings (SSSR count). The molecular formula is C27H38O3. The van der Waals surface area contributed by atoms with Gasteiger partial charge in [0.1, 0.15) is 11.4 Å². The van der Waals surface area contributed by atoms with Crippen LogP contribution in [0.1, 0.15) is 102 Å². The first-order chi connectivity index (χ1) is 14.5. The molecule has 3 fully saturated rings. The zero-order valence-corrected chi connectivity index (χ0v) is 19.1. The fraction of sp³-hybridized carbons (Fsp3) is 0.741. The van der Waals surface area contributed by atoms with Crippen LogP contribution < -0.4 is 4.74 Å². The second kappa shape index (κ2) is 7.28. The lowest BCUT2D eigenvalue weighted by atomic mass is 9.48. The number of fused-ring (bicyclic) bond motifs is 3. The summed E-state index contributed by atoms with van der Waals surface area (Å²) >= 11 is 0. The molecule has 1 aromatic rings. The van der Waals surface area contributed by atoms with Crippen molar-refractivity contribution in [1.29, 1.82) is 0 Å². The molecule has 0 N–H and O–H groups in total. The smallest absolute Gasteiger partial charge is 0.306 e. The number of hydrogen-bond donors (Lipinski definition) is 0. The molecule has 30 heavy (non-hydrogen) atoms. The first-order valence-corrected chi connectivity index (χ1v) is 12.4. The molecule has 4 aliphatic rings. The highest BCUT2D eigenvalue weighted by atomic mass is 16.6. The van der Waals surface area contributed by atoms with Crippen LogP contribution in [0, 0.1) is 16.7 Å². The van der Waals surface area contributed by atoms with Crippen LogP contribution in [-0.2, 0) is 16.0 Å². The van der Waals surface area contributed by atoms with Gasteiger partial charge in [0.2, 0.25) is 0 Å². The summed E-state index contributed by atoms with van der Waals surface area (Å²) in [7, 11) is 1.76. The summed E-state index contributed by atoms with van der Waals surface area (Å²) in [4.78, 5) is 12.7. The molecule has 4 aliphatic carbocycles. The van der Waals surface area contributed by atoms with Gasteiger partial charge in [0.25, 0.3) is 0 Å². The number of carbonyl (C=O) groups excluding carboxylic acids is 1. The van der Waals surface area contributed by atoms with E-state index in [4.69, 9.17) is 9.47 Å². The third-order valence-electron chi connectivity index (χ3n) is 9.97. The summed E-state index contributed by atoms with van der Waals surface area (Å²) < 4.78 is 11.9. The van der Waals surface area contributed by atoms with Crippen molar-refractivity contribution in [1.82, 2.24) is 0 Å². The van der Waals surface area contributed by atoms with E-state index in [2.05, 4.69) is 32.0 Å². The van der Waals surface area contributed by atoms with Crippen molar-refractivity contribution < 1.29 is 14.3 Å². The van der Waals surface area contributed by atoms with Gasteiger partial charge in [0, 0.05) is 11.8 Å². The van der Waals surface area contributed by atoms with Gasteiger partial charge in [-0.15, -0.1) is 0 Å². The lowest BCUT2D eigenvalue weighted by Crippen LogP contribution is -2.53. The maximum atomic E-state index is 12.7. The molecular weight excluding hydrogens is 372 g/mol. The van der Waals surface area contributed by atoms with E-state index in [9.17, 15) is 4.79 Å². The molecule has 3 saturated carbocycles. The zero-order chi connectivity index (χ0) is 21.0. The Morgan fingerprint density at radius 2 is 1.90 bits per heavy atom. The Labute approximate surface area is 181 Å². The zero-order valence-electron chi connectivity index (χ0n) is 19.1. The number of esters is 1. The average Bonchev–Trinajstić information content (AvgIpc) is 3.16. The third-order valence-corrected chi connectivity index (χ3v) is 9.97. The molecule has 0 aliphatic heterocycles. The van der Waals surface area contributed by atoms with Crippen LogP contribution in [0.4, 0.5) is 0 Å². The molecule has 0 saturated heterocycles. The van der Waals surface area contributed by atoms with Gasteiger partial charge < -0.3 is 9.47 Å². The lowest BCUT2D eigenvalue weighted by Gasteiger charge is -2.57. The SMILES string of the molecule is CCCCCC(=O)OC12CCC3(CC1)C1CCc4cc(OC)ccc4C1CC[C@]23C. The minimum Gasteiger partial charge on any atom is -0.497 e. The molecule has 2 bridgehead atoms. The third kappa shape index (κ3) is 2.66. The van der Waals surface area contributed by atoms with Gasteiger partial charge in [0.15, 0.2) is 0 Å². The first kappa shape index (κ1) is 20.4. The van der Waals surface area contributed by atoms with Gasteiger partial charge in [-0.1, -0.05) is 32.8 Å². The van der Waals surface area contributed by atoms with Crippen LogP contribution in [0.15, 0.2) is 18.2 Å². The van der Waals surface area contributed by atoms with Crippen molar-refractivity contribution in [3.63, 3.8) is 0 Å². The molecule has 164 valence electrons. The molecule has 0 heterocycles. The van der Waals surface area contributed by atoms with Crippen molar-refractivity contribution in [3.8, 4) is 5.75 Å². The maximum absolute atomic E-state index is 12.7. The Balaban J connectivity index is 1.41. The van der Waals surface area contributed by atoms with Crippen LogP contribution in [0.25, 0.3) is 0 Å². The predicted octanol–water partition coefficient (Wildman–Crippen LogP) is 6.58. The number of aryl methyl sites for hydroxylation is 1. The highest BCUT2D eigenvalue weighted by Crippen LogP contribution is 2.78. The summed E-state index contributed by atoms with van der Waals surface area (Å²) in [6.07, 6.45) is 13.4. The van der Waals surface area contributed by atoms with Crippen molar-refractivity contribution in [2.24, 2.45) is 16.7 Å². The second-order valence-electron chi connectivity index (χ2n) is 10.8. The summed E-state index contributed by atoms with van der Waals surface area (Å²) in [5, 5.41) is 0. The van der Waals surface area contributed by atoms with Gasteiger partial charge in [-0.2, -0.15) is 0 Å². The lowest BCUT2D eigenvalue weighted by molar-refractivity contribution is -0.176. The van der Waals surface area contributed by atoms with Crippen molar-refractivity contribution in [2.45, 2.75) is 102 Å².